The van der Waals surface area contributed by atoms with E-state index in [1.54, 1.807) is 6.92 Å². The summed E-state index contributed by atoms with van der Waals surface area (Å²) in [5.74, 6) is 3.69. The van der Waals surface area contributed by atoms with Crippen LogP contribution in [0.25, 0.3) is 0 Å². The highest BCUT2D eigenvalue weighted by atomic mass is 32.2. The summed E-state index contributed by atoms with van der Waals surface area (Å²) < 4.78 is 32.8. The van der Waals surface area contributed by atoms with E-state index < -0.39 is 21.9 Å². The van der Waals surface area contributed by atoms with Crippen molar-refractivity contribution in [2.24, 2.45) is 46.3 Å². The van der Waals surface area contributed by atoms with Gasteiger partial charge in [-0.3, -0.25) is 9.59 Å². The molecule has 1 amide bonds. The molecule has 0 aromatic heterocycles. The quantitative estimate of drug-likeness (QED) is 0.518. The number of hydrogen-bond donors (Lipinski definition) is 1. The van der Waals surface area contributed by atoms with Crippen molar-refractivity contribution in [3.8, 4) is 0 Å². The molecule has 0 bridgehead atoms. The molecule has 0 heterocycles. The minimum absolute atomic E-state index is 0.162. The number of rotatable bonds is 7. The van der Waals surface area contributed by atoms with Gasteiger partial charge in [0.05, 0.1) is 15.9 Å². The van der Waals surface area contributed by atoms with Crippen LogP contribution >= 0.6 is 0 Å². The van der Waals surface area contributed by atoms with Crippen molar-refractivity contribution in [1.82, 2.24) is 5.32 Å². The second kappa shape index (κ2) is 9.49. The number of nitrogens with one attached hydrogen (secondary N) is 1. The van der Waals surface area contributed by atoms with E-state index in [0.29, 0.717) is 40.8 Å². The van der Waals surface area contributed by atoms with Crippen LogP contribution in [0.1, 0.15) is 98.3 Å². The van der Waals surface area contributed by atoms with Crippen LogP contribution in [0.2, 0.25) is 0 Å². The second-order valence-corrected chi connectivity index (χ2v) is 14.3. The monoisotopic (exact) mass is 494 g/mol. The summed E-state index contributed by atoms with van der Waals surface area (Å²) >= 11 is 0. The van der Waals surface area contributed by atoms with Gasteiger partial charge in [0.15, 0.2) is 0 Å². The fourth-order valence-electron chi connectivity index (χ4n) is 9.28. The molecule has 0 radical (unpaired) electrons. The lowest BCUT2D eigenvalue weighted by atomic mass is 9.44. The maximum Gasteiger partial charge on any atom is 0.220 e. The number of carbonyl (C=O) groups excluding carboxylic acids is 2. The van der Waals surface area contributed by atoms with Crippen LogP contribution in [-0.4, -0.2) is 36.5 Å². The molecule has 0 aromatic carbocycles. The van der Waals surface area contributed by atoms with Crippen molar-refractivity contribution in [2.45, 2.75) is 104 Å². The van der Waals surface area contributed by atoms with Gasteiger partial charge in [-0.25, -0.2) is 8.42 Å². The number of fused-ring (bicyclic) bond motifs is 5. The van der Waals surface area contributed by atoms with Gasteiger partial charge in [0.2, 0.25) is 5.91 Å². The second-order valence-electron chi connectivity index (χ2n) is 12.8. The van der Waals surface area contributed by atoms with E-state index in [2.05, 4.69) is 26.1 Å². The Morgan fingerprint density at radius 1 is 1.06 bits per heavy atom. The SMILES string of the molecule is C[C@H](CS(=O)(=O)[O-])NC(=O)CC[C@@H](C)[C@H]1CC[C@H]2[C@@H]3CC[C@@H]4CC(=O)CC[C@]4(C)[C@H]3CC[C@]12C. The fourth-order valence-corrected chi connectivity index (χ4v) is 9.97. The largest absolute Gasteiger partial charge is 0.748 e. The molecule has 4 aliphatic rings. The number of ketones is 1. The molecule has 0 spiro atoms. The van der Waals surface area contributed by atoms with Crippen molar-refractivity contribution in [1.29, 1.82) is 0 Å². The summed E-state index contributed by atoms with van der Waals surface area (Å²) in [6.07, 6.45) is 11.4. The van der Waals surface area contributed by atoms with Gasteiger partial charge in [-0.15, -0.1) is 0 Å². The highest BCUT2D eigenvalue weighted by Crippen LogP contribution is 2.68. The Kier molecular flexibility index (Phi) is 7.29. The zero-order valence-corrected chi connectivity index (χ0v) is 22.3. The van der Waals surface area contributed by atoms with Gasteiger partial charge >= 0.3 is 0 Å². The maximum atomic E-state index is 12.4. The van der Waals surface area contributed by atoms with E-state index in [0.717, 1.165) is 43.4 Å². The first-order valence-electron chi connectivity index (χ1n) is 13.6. The molecule has 0 unspecified atom stereocenters. The van der Waals surface area contributed by atoms with E-state index in [4.69, 9.17) is 0 Å². The summed E-state index contributed by atoms with van der Waals surface area (Å²) in [4.78, 5) is 24.5. The third-order valence-electron chi connectivity index (χ3n) is 10.9. The Morgan fingerprint density at radius 2 is 1.76 bits per heavy atom. The Morgan fingerprint density at radius 3 is 2.47 bits per heavy atom. The van der Waals surface area contributed by atoms with E-state index in [-0.39, 0.29) is 5.91 Å². The van der Waals surface area contributed by atoms with E-state index in [9.17, 15) is 22.6 Å². The Labute approximate surface area is 206 Å². The van der Waals surface area contributed by atoms with Gasteiger partial charge in [-0.05, 0) is 105 Å². The molecule has 4 rings (SSSR count). The van der Waals surface area contributed by atoms with Crippen molar-refractivity contribution in [2.75, 3.05) is 5.75 Å². The van der Waals surface area contributed by atoms with Crippen LogP contribution < -0.4 is 5.32 Å². The molecule has 4 fully saturated rings. The van der Waals surface area contributed by atoms with E-state index >= 15 is 0 Å². The molecule has 0 aromatic rings. The van der Waals surface area contributed by atoms with Crippen LogP contribution in [0.4, 0.5) is 0 Å². The topological polar surface area (TPSA) is 103 Å². The van der Waals surface area contributed by atoms with Gasteiger partial charge in [-0.2, -0.15) is 0 Å². The summed E-state index contributed by atoms with van der Waals surface area (Å²) in [5.41, 5.74) is 0.670. The first kappa shape index (κ1) is 26.1. The molecule has 4 aliphatic carbocycles. The van der Waals surface area contributed by atoms with Crippen LogP contribution in [0.3, 0.4) is 0 Å². The first-order valence-corrected chi connectivity index (χ1v) is 15.2. The summed E-state index contributed by atoms with van der Waals surface area (Å²) in [6.45, 7) is 8.86. The average molecular weight is 495 g/mol. The number of Topliss-reactive ketones (excluding diaryl/α,β-unsaturated/α-hetero) is 1. The summed E-state index contributed by atoms with van der Waals surface area (Å²) in [5, 5.41) is 2.68. The zero-order chi connectivity index (χ0) is 24.9. The van der Waals surface area contributed by atoms with Crippen LogP contribution in [-0.2, 0) is 19.7 Å². The number of carbonyl (C=O) groups is 2. The first-order chi connectivity index (χ1) is 15.8. The molecule has 4 saturated carbocycles. The van der Waals surface area contributed by atoms with Gasteiger partial charge in [0.1, 0.15) is 5.78 Å². The third-order valence-corrected chi connectivity index (χ3v) is 11.8. The number of amides is 1. The van der Waals surface area contributed by atoms with Crippen molar-refractivity contribution < 1.29 is 22.6 Å². The third kappa shape index (κ3) is 4.98. The predicted molar refractivity (Wildman–Crippen MR) is 131 cm³/mol. The van der Waals surface area contributed by atoms with Crippen molar-refractivity contribution in [3.63, 3.8) is 0 Å². The molecule has 0 aliphatic heterocycles. The molecule has 0 saturated heterocycles. The highest BCUT2D eigenvalue weighted by Gasteiger charge is 2.60. The lowest BCUT2D eigenvalue weighted by Crippen LogP contribution is -2.53. The molecular weight excluding hydrogens is 450 g/mol. The predicted octanol–water partition coefficient (Wildman–Crippen LogP) is 4.68. The van der Waals surface area contributed by atoms with E-state index in [1.165, 1.54) is 38.5 Å². The van der Waals surface area contributed by atoms with Gasteiger partial charge in [0.25, 0.3) is 0 Å². The van der Waals surface area contributed by atoms with Crippen LogP contribution in [0, 0.1) is 46.3 Å². The molecular formula is C27H44NO5S-. The summed E-state index contributed by atoms with van der Waals surface area (Å²) in [6, 6.07) is -0.652. The molecule has 34 heavy (non-hydrogen) atoms. The van der Waals surface area contributed by atoms with Gasteiger partial charge < -0.3 is 9.87 Å². The Balaban J connectivity index is 1.36. The minimum Gasteiger partial charge on any atom is -0.748 e. The molecule has 194 valence electrons. The van der Waals surface area contributed by atoms with Gasteiger partial charge in [-0.1, -0.05) is 20.8 Å². The van der Waals surface area contributed by atoms with Crippen LogP contribution in [0.15, 0.2) is 0 Å². The zero-order valence-electron chi connectivity index (χ0n) is 21.5. The normalized spacial score (nSPS) is 41.7. The van der Waals surface area contributed by atoms with Crippen LogP contribution in [0.5, 0.6) is 0 Å². The molecule has 9 atom stereocenters. The van der Waals surface area contributed by atoms with Crippen molar-refractivity contribution in [3.05, 3.63) is 0 Å². The molecule has 7 heteroatoms. The van der Waals surface area contributed by atoms with Gasteiger partial charge in [0, 0.05) is 25.3 Å². The van der Waals surface area contributed by atoms with Crippen molar-refractivity contribution >= 4 is 21.8 Å². The summed E-state index contributed by atoms with van der Waals surface area (Å²) in [7, 11) is -4.34. The maximum absolute atomic E-state index is 12.4. The number of hydrogen-bond acceptors (Lipinski definition) is 5. The molecule has 6 nitrogen and oxygen atoms in total. The Bertz CT molecular complexity index is 903. The highest BCUT2D eigenvalue weighted by molar-refractivity contribution is 7.85. The standard InChI is InChI=1S/C27H45NO5S/c1-17(5-10-25(30)28-18(2)16-34(31,32)33)22-8-9-23-21-7-6-19-15-20(29)11-13-26(19,3)24(21)12-14-27(22,23)4/h17-19,21-24H,5-16H2,1-4H3,(H,28,30)(H,31,32,33)/p-1/t17-,18-,19-,21+,22-,23+,24+,26+,27-/m1/s1. The van der Waals surface area contributed by atoms with E-state index in [1.807, 2.05) is 0 Å². The lowest BCUT2D eigenvalue weighted by molar-refractivity contribution is -0.140. The average Bonchev–Trinajstić information content (AvgIpc) is 3.08. The Hall–Kier alpha value is -0.950. The lowest BCUT2D eigenvalue weighted by Gasteiger charge is -2.60. The minimum atomic E-state index is -4.34. The fraction of sp³-hybridized carbons (Fsp3) is 0.926. The smallest absolute Gasteiger partial charge is 0.220 e. The molecule has 1 N–H and O–H groups in total.